The molecule has 0 bridgehead atoms. The Balaban J connectivity index is 2.53. The Morgan fingerprint density at radius 3 is 3.00 bits per heavy atom. The summed E-state index contributed by atoms with van der Waals surface area (Å²) in [6.45, 7) is 4.00. The van der Waals surface area contributed by atoms with Gasteiger partial charge < -0.3 is 10.4 Å². The quantitative estimate of drug-likeness (QED) is 0.803. The maximum atomic E-state index is 11.9. The van der Waals surface area contributed by atoms with Gasteiger partial charge in [0.25, 0.3) is 5.91 Å². The van der Waals surface area contributed by atoms with Gasteiger partial charge in [-0.2, -0.15) is 0 Å². The van der Waals surface area contributed by atoms with Crippen molar-refractivity contribution in [2.75, 3.05) is 6.61 Å². The zero-order chi connectivity index (χ0) is 13.4. The lowest BCUT2D eigenvalue weighted by atomic mass is 10.1. The third-order valence-electron chi connectivity index (χ3n) is 2.49. The first kappa shape index (κ1) is 14.7. The highest BCUT2D eigenvalue weighted by Gasteiger charge is 2.11. The Labute approximate surface area is 112 Å². The first-order valence-electron chi connectivity index (χ1n) is 6.17. The highest BCUT2D eigenvalue weighted by Crippen LogP contribution is 2.15. The molecule has 4 heteroatoms. The number of aliphatic hydroxyl groups excluding tert-OH is 1. The molecule has 0 radical (unpaired) electrons. The van der Waals surface area contributed by atoms with Crippen molar-refractivity contribution in [1.29, 1.82) is 0 Å². The molecule has 98 valence electrons. The number of hydrogen-bond donors (Lipinski definition) is 2. The molecule has 1 rings (SSSR count). The predicted octanol–water partition coefficient (Wildman–Crippen LogP) is 2.40. The molecule has 1 atom stereocenters. The maximum Gasteiger partial charge on any atom is 0.261 e. The van der Waals surface area contributed by atoms with E-state index in [2.05, 4.69) is 24.1 Å². The maximum absolute atomic E-state index is 11.9. The lowest BCUT2D eigenvalue weighted by Gasteiger charge is -2.12. The highest BCUT2D eigenvalue weighted by atomic mass is 32.1. The molecule has 0 aliphatic rings. The van der Waals surface area contributed by atoms with Crippen molar-refractivity contribution in [3.63, 3.8) is 0 Å². The molecule has 0 aromatic carbocycles. The van der Waals surface area contributed by atoms with E-state index in [1.165, 1.54) is 11.3 Å². The fourth-order valence-electron chi connectivity index (χ4n) is 1.53. The highest BCUT2D eigenvalue weighted by molar-refractivity contribution is 7.14. The molecule has 0 spiro atoms. The van der Waals surface area contributed by atoms with Gasteiger partial charge >= 0.3 is 0 Å². The molecule has 2 N–H and O–H groups in total. The number of carbonyl (C=O) groups excluding carboxylic acids is 1. The molecule has 0 aliphatic heterocycles. The number of carbonyl (C=O) groups is 1. The summed E-state index contributed by atoms with van der Waals surface area (Å²) in [7, 11) is 0. The van der Waals surface area contributed by atoms with Crippen molar-refractivity contribution in [1.82, 2.24) is 5.32 Å². The van der Waals surface area contributed by atoms with Crippen LogP contribution < -0.4 is 5.32 Å². The Bertz CT molecular complexity index is 442. The van der Waals surface area contributed by atoms with E-state index in [4.69, 9.17) is 5.11 Å². The average molecular weight is 265 g/mol. The molecule has 1 amide bonds. The molecule has 0 saturated heterocycles. The van der Waals surface area contributed by atoms with Crippen molar-refractivity contribution in [2.45, 2.75) is 39.2 Å². The van der Waals surface area contributed by atoms with Crippen LogP contribution >= 0.6 is 11.3 Å². The second-order valence-electron chi connectivity index (χ2n) is 4.14. The zero-order valence-electron chi connectivity index (χ0n) is 10.8. The minimum absolute atomic E-state index is 0.0411. The first-order valence-corrected chi connectivity index (χ1v) is 6.99. The van der Waals surface area contributed by atoms with Gasteiger partial charge in [-0.3, -0.25) is 4.79 Å². The standard InChI is InChI=1S/C14H19NO2S/c1-3-4-6-11(2)15-14(17)13-9-8-12(18-13)7-5-10-16/h8-9,11,16H,3-4,6,10H2,1-2H3,(H,15,17). The normalized spacial score (nSPS) is 11.5. The number of thiophene rings is 1. The van der Waals surface area contributed by atoms with Crippen molar-refractivity contribution in [2.24, 2.45) is 0 Å². The summed E-state index contributed by atoms with van der Waals surface area (Å²) < 4.78 is 0. The van der Waals surface area contributed by atoms with E-state index < -0.39 is 0 Å². The second kappa shape index (κ2) is 7.91. The lowest BCUT2D eigenvalue weighted by molar-refractivity contribution is 0.0942. The summed E-state index contributed by atoms with van der Waals surface area (Å²) in [5.41, 5.74) is 0. The van der Waals surface area contributed by atoms with Gasteiger partial charge in [-0.05, 0) is 25.5 Å². The van der Waals surface area contributed by atoms with Crippen LogP contribution in [0.1, 0.15) is 47.7 Å². The van der Waals surface area contributed by atoms with Crippen LogP contribution in [0, 0.1) is 11.8 Å². The number of amides is 1. The van der Waals surface area contributed by atoms with E-state index in [1.54, 1.807) is 12.1 Å². The topological polar surface area (TPSA) is 49.3 Å². The van der Waals surface area contributed by atoms with Crippen LogP contribution in [-0.4, -0.2) is 23.7 Å². The van der Waals surface area contributed by atoms with Crippen LogP contribution in [0.15, 0.2) is 12.1 Å². The minimum atomic E-state index is -0.159. The molecule has 18 heavy (non-hydrogen) atoms. The fourth-order valence-corrected chi connectivity index (χ4v) is 2.32. The second-order valence-corrected chi connectivity index (χ2v) is 5.22. The molecule has 1 unspecified atom stereocenters. The first-order chi connectivity index (χ1) is 8.67. The SMILES string of the molecule is CCCCC(C)NC(=O)c1ccc(C#CCO)s1. The number of nitrogens with one attached hydrogen (secondary N) is 1. The van der Waals surface area contributed by atoms with Gasteiger partial charge in [-0.1, -0.05) is 31.6 Å². The molecule has 0 saturated carbocycles. The van der Waals surface area contributed by atoms with Crippen LogP contribution in [0.25, 0.3) is 0 Å². The Hall–Kier alpha value is -1.31. The van der Waals surface area contributed by atoms with Crippen LogP contribution in [-0.2, 0) is 0 Å². The Morgan fingerprint density at radius 2 is 2.33 bits per heavy atom. The molecule has 1 heterocycles. The van der Waals surface area contributed by atoms with Gasteiger partial charge in [0.1, 0.15) is 6.61 Å². The minimum Gasteiger partial charge on any atom is -0.384 e. The summed E-state index contributed by atoms with van der Waals surface area (Å²) in [4.78, 5) is 13.4. The van der Waals surface area contributed by atoms with Gasteiger partial charge in [0.2, 0.25) is 0 Å². The number of rotatable bonds is 5. The van der Waals surface area contributed by atoms with Crippen molar-refractivity contribution in [3.8, 4) is 11.8 Å². The lowest BCUT2D eigenvalue weighted by Crippen LogP contribution is -2.31. The van der Waals surface area contributed by atoms with E-state index in [9.17, 15) is 4.79 Å². The molecule has 1 aromatic rings. The van der Waals surface area contributed by atoms with E-state index >= 15 is 0 Å². The van der Waals surface area contributed by atoms with Crippen molar-refractivity contribution < 1.29 is 9.90 Å². The van der Waals surface area contributed by atoms with Gasteiger partial charge in [-0.25, -0.2) is 0 Å². The zero-order valence-corrected chi connectivity index (χ0v) is 11.6. The molecule has 1 aromatic heterocycles. The van der Waals surface area contributed by atoms with Gasteiger partial charge in [0.15, 0.2) is 0 Å². The van der Waals surface area contributed by atoms with E-state index in [-0.39, 0.29) is 18.6 Å². The summed E-state index contributed by atoms with van der Waals surface area (Å²) in [6.07, 6.45) is 3.27. The molecular formula is C14H19NO2S. The van der Waals surface area contributed by atoms with Crippen LogP contribution in [0.2, 0.25) is 0 Å². The number of hydrogen-bond acceptors (Lipinski definition) is 3. The molecule has 0 fully saturated rings. The number of unbranched alkanes of at least 4 members (excludes halogenated alkanes) is 1. The van der Waals surface area contributed by atoms with Crippen LogP contribution in [0.4, 0.5) is 0 Å². The van der Waals surface area contributed by atoms with Gasteiger partial charge in [-0.15, -0.1) is 11.3 Å². The third-order valence-corrected chi connectivity index (χ3v) is 3.49. The third kappa shape index (κ3) is 4.91. The molecular weight excluding hydrogens is 246 g/mol. The van der Waals surface area contributed by atoms with Gasteiger partial charge in [0.05, 0.1) is 9.75 Å². The Morgan fingerprint density at radius 1 is 1.56 bits per heavy atom. The number of aliphatic hydroxyl groups is 1. The largest absolute Gasteiger partial charge is 0.384 e. The monoisotopic (exact) mass is 265 g/mol. The van der Waals surface area contributed by atoms with Crippen LogP contribution in [0.3, 0.4) is 0 Å². The van der Waals surface area contributed by atoms with Crippen molar-refractivity contribution in [3.05, 3.63) is 21.9 Å². The fraction of sp³-hybridized carbons (Fsp3) is 0.500. The average Bonchev–Trinajstić information content (AvgIpc) is 2.82. The summed E-state index contributed by atoms with van der Waals surface area (Å²) in [5.74, 6) is 5.32. The predicted molar refractivity (Wildman–Crippen MR) is 74.7 cm³/mol. The molecule has 3 nitrogen and oxygen atoms in total. The van der Waals surface area contributed by atoms with Crippen LogP contribution in [0.5, 0.6) is 0 Å². The Kier molecular flexibility index (Phi) is 6.48. The molecule has 0 aliphatic carbocycles. The van der Waals surface area contributed by atoms with E-state index in [1.807, 2.05) is 6.92 Å². The summed E-state index contributed by atoms with van der Waals surface area (Å²) >= 11 is 1.35. The van der Waals surface area contributed by atoms with Crippen molar-refractivity contribution >= 4 is 17.2 Å². The summed E-state index contributed by atoms with van der Waals surface area (Å²) in [6, 6.07) is 3.78. The van der Waals surface area contributed by atoms with E-state index in [0.717, 1.165) is 24.1 Å². The van der Waals surface area contributed by atoms with E-state index in [0.29, 0.717) is 4.88 Å². The summed E-state index contributed by atoms with van der Waals surface area (Å²) in [5, 5.41) is 11.6. The van der Waals surface area contributed by atoms with Gasteiger partial charge in [0, 0.05) is 6.04 Å². The smallest absolute Gasteiger partial charge is 0.261 e.